The number of halogens is 7. The highest BCUT2D eigenvalue weighted by Gasteiger charge is 2.32. The number of benzene rings is 2. The molecule has 0 spiro atoms. The highest BCUT2D eigenvalue weighted by molar-refractivity contribution is 6.32. The third-order valence-corrected chi connectivity index (χ3v) is 4.88. The number of rotatable bonds is 10. The van der Waals surface area contributed by atoms with E-state index in [1.807, 2.05) is 19.0 Å². The number of anilines is 3. The topological polar surface area (TPSA) is 71.5 Å². The lowest BCUT2D eigenvalue weighted by atomic mass is 10.1. The second kappa shape index (κ2) is 11.7. The molecule has 14 heteroatoms. The summed E-state index contributed by atoms with van der Waals surface area (Å²) in [5.41, 5.74) is 0.871. The molecule has 0 aliphatic rings. The lowest BCUT2D eigenvalue weighted by Gasteiger charge is -2.15. The summed E-state index contributed by atoms with van der Waals surface area (Å²) in [5.74, 6) is -0.606. The van der Waals surface area contributed by atoms with Crippen LogP contribution in [0.2, 0.25) is 5.02 Å². The Morgan fingerprint density at radius 3 is 2.30 bits per heavy atom. The fourth-order valence-electron chi connectivity index (χ4n) is 3.12. The van der Waals surface area contributed by atoms with Crippen molar-refractivity contribution in [2.45, 2.75) is 19.1 Å². The molecule has 0 aliphatic carbocycles. The van der Waals surface area contributed by atoms with E-state index in [9.17, 15) is 26.3 Å². The first-order valence-electron chi connectivity index (χ1n) is 10.7. The minimum absolute atomic E-state index is 0.184. The van der Waals surface area contributed by atoms with Gasteiger partial charge in [0, 0.05) is 23.9 Å². The number of aromatic nitrogens is 2. The van der Waals surface area contributed by atoms with E-state index in [0.717, 1.165) is 25.1 Å². The molecule has 3 rings (SSSR count). The molecule has 3 aromatic rings. The van der Waals surface area contributed by atoms with Crippen molar-refractivity contribution in [3.05, 3.63) is 53.6 Å². The van der Waals surface area contributed by atoms with E-state index in [1.54, 1.807) is 6.07 Å². The van der Waals surface area contributed by atoms with E-state index in [0.29, 0.717) is 12.1 Å². The third kappa shape index (κ3) is 9.50. The van der Waals surface area contributed by atoms with Crippen molar-refractivity contribution in [1.29, 1.82) is 0 Å². The van der Waals surface area contributed by atoms with Crippen molar-refractivity contribution in [3.8, 4) is 22.8 Å². The van der Waals surface area contributed by atoms with Crippen LogP contribution in [-0.4, -0.2) is 54.8 Å². The maximum absolute atomic E-state index is 12.7. The maximum atomic E-state index is 12.7. The molecule has 0 saturated heterocycles. The van der Waals surface area contributed by atoms with Gasteiger partial charge < -0.3 is 25.0 Å². The van der Waals surface area contributed by atoms with E-state index in [2.05, 4.69) is 30.1 Å². The van der Waals surface area contributed by atoms with Crippen LogP contribution < -0.4 is 20.1 Å². The van der Waals surface area contributed by atoms with Gasteiger partial charge in [-0.15, -0.1) is 26.3 Å². The summed E-state index contributed by atoms with van der Waals surface area (Å²) in [4.78, 5) is 10.7. The average molecular weight is 550 g/mol. The van der Waals surface area contributed by atoms with Gasteiger partial charge in [-0.25, -0.2) is 4.98 Å². The fourth-order valence-corrected chi connectivity index (χ4v) is 3.34. The molecule has 1 heterocycles. The van der Waals surface area contributed by atoms with E-state index in [4.69, 9.17) is 11.6 Å². The summed E-state index contributed by atoms with van der Waals surface area (Å²) >= 11 is 5.92. The molecule has 0 saturated carbocycles. The Balaban J connectivity index is 1.90. The van der Waals surface area contributed by atoms with Crippen molar-refractivity contribution < 1.29 is 35.8 Å². The van der Waals surface area contributed by atoms with Gasteiger partial charge in [0.15, 0.2) is 0 Å². The summed E-state index contributed by atoms with van der Waals surface area (Å²) in [6.07, 6.45) is -9.01. The minimum Gasteiger partial charge on any atom is -0.406 e. The van der Waals surface area contributed by atoms with Gasteiger partial charge in [0.05, 0.1) is 10.7 Å². The second-order valence-electron chi connectivity index (χ2n) is 7.94. The molecule has 0 amide bonds. The Morgan fingerprint density at radius 1 is 0.919 bits per heavy atom. The molecule has 0 fully saturated rings. The molecule has 2 aromatic carbocycles. The van der Waals surface area contributed by atoms with Crippen molar-refractivity contribution in [2.75, 3.05) is 37.8 Å². The second-order valence-corrected chi connectivity index (χ2v) is 8.35. The zero-order valence-corrected chi connectivity index (χ0v) is 20.3. The van der Waals surface area contributed by atoms with Gasteiger partial charge >= 0.3 is 12.7 Å². The lowest BCUT2D eigenvalue weighted by Crippen LogP contribution is -2.17. The van der Waals surface area contributed by atoms with Gasteiger partial charge in [-0.1, -0.05) is 23.7 Å². The Kier molecular flexibility index (Phi) is 8.92. The molecular formula is C23H22ClF6N5O2. The molecule has 37 heavy (non-hydrogen) atoms. The number of hydrogen-bond donors (Lipinski definition) is 2. The molecule has 0 bridgehead atoms. The summed E-state index contributed by atoms with van der Waals surface area (Å²) in [5, 5.41) is 5.68. The molecule has 200 valence electrons. The van der Waals surface area contributed by atoms with Crippen molar-refractivity contribution in [1.82, 2.24) is 14.9 Å². The predicted octanol–water partition coefficient (Wildman–Crippen LogP) is 6.70. The Labute approximate surface area is 213 Å². The van der Waals surface area contributed by atoms with Crippen LogP contribution >= 0.6 is 11.6 Å². The smallest absolute Gasteiger partial charge is 0.406 e. The quantitative estimate of drug-likeness (QED) is 0.215. The molecule has 0 atom stereocenters. The summed E-state index contributed by atoms with van der Waals surface area (Å²) in [6.45, 7) is 1.30. The Morgan fingerprint density at radius 2 is 1.65 bits per heavy atom. The van der Waals surface area contributed by atoms with Crippen molar-refractivity contribution in [3.63, 3.8) is 0 Å². The van der Waals surface area contributed by atoms with E-state index in [-0.39, 0.29) is 28.2 Å². The van der Waals surface area contributed by atoms with Crippen LogP contribution in [0.1, 0.15) is 6.42 Å². The first-order valence-corrected chi connectivity index (χ1v) is 11.1. The summed E-state index contributed by atoms with van der Waals surface area (Å²) in [7, 11) is 3.84. The normalized spacial score (nSPS) is 11.9. The van der Waals surface area contributed by atoms with Crippen LogP contribution in [0.4, 0.5) is 43.8 Å². The summed E-state index contributed by atoms with van der Waals surface area (Å²) < 4.78 is 83.4. The molecule has 0 unspecified atom stereocenters. The molecule has 7 nitrogen and oxygen atoms in total. The van der Waals surface area contributed by atoms with Gasteiger partial charge in [0.2, 0.25) is 5.95 Å². The SMILES string of the molecule is CN(C)CCCNc1nc(Nc2ccc(OC(F)(F)F)c(Cl)c2)cc(-c2cccc(OC(F)(F)F)c2)n1. The fraction of sp³-hybridized carbons (Fsp3) is 0.304. The molecule has 2 N–H and O–H groups in total. The van der Waals surface area contributed by atoms with E-state index < -0.39 is 24.2 Å². The van der Waals surface area contributed by atoms with Crippen LogP contribution in [0.5, 0.6) is 11.5 Å². The third-order valence-electron chi connectivity index (χ3n) is 4.58. The molecular weight excluding hydrogens is 528 g/mol. The molecule has 0 aliphatic heterocycles. The first kappa shape index (κ1) is 28.1. The highest BCUT2D eigenvalue weighted by atomic mass is 35.5. The standard InChI is InChI=1S/C23H22ClF6N5O2/c1-35(2)10-4-9-31-21-33-18(14-5-3-6-16(11-14)36-22(25,26)27)13-20(34-21)32-15-7-8-19(17(24)12-15)37-23(28,29)30/h3,5-8,11-13H,4,9-10H2,1-2H3,(H2,31,32,33,34). The Hall–Kier alpha value is -3.45. The number of ether oxygens (including phenoxy) is 2. The zero-order valence-electron chi connectivity index (χ0n) is 19.5. The largest absolute Gasteiger partial charge is 0.573 e. The van der Waals surface area contributed by atoms with Gasteiger partial charge in [-0.3, -0.25) is 0 Å². The maximum Gasteiger partial charge on any atom is 0.573 e. The van der Waals surface area contributed by atoms with Crippen molar-refractivity contribution in [2.24, 2.45) is 0 Å². The predicted molar refractivity (Wildman–Crippen MR) is 127 cm³/mol. The molecule has 0 radical (unpaired) electrons. The van der Waals surface area contributed by atoms with Crippen LogP contribution in [0, 0.1) is 0 Å². The van der Waals surface area contributed by atoms with Gasteiger partial charge in [0.25, 0.3) is 0 Å². The first-order chi connectivity index (χ1) is 17.3. The van der Waals surface area contributed by atoms with E-state index in [1.165, 1.54) is 30.3 Å². The van der Waals surface area contributed by atoms with Crippen LogP contribution in [0.25, 0.3) is 11.3 Å². The zero-order chi connectivity index (χ0) is 27.2. The average Bonchev–Trinajstić information content (AvgIpc) is 2.77. The van der Waals surface area contributed by atoms with Crippen LogP contribution in [0.3, 0.4) is 0 Å². The van der Waals surface area contributed by atoms with Gasteiger partial charge in [-0.05, 0) is 57.4 Å². The van der Waals surface area contributed by atoms with Crippen LogP contribution in [-0.2, 0) is 0 Å². The number of hydrogen-bond acceptors (Lipinski definition) is 7. The summed E-state index contributed by atoms with van der Waals surface area (Å²) in [6, 6.07) is 10.3. The van der Waals surface area contributed by atoms with E-state index >= 15 is 0 Å². The monoisotopic (exact) mass is 549 g/mol. The number of nitrogens with one attached hydrogen (secondary N) is 2. The lowest BCUT2D eigenvalue weighted by molar-refractivity contribution is -0.275. The van der Waals surface area contributed by atoms with Gasteiger partial charge in [-0.2, -0.15) is 4.98 Å². The van der Waals surface area contributed by atoms with Crippen molar-refractivity contribution >= 4 is 29.1 Å². The highest BCUT2D eigenvalue weighted by Crippen LogP contribution is 2.34. The molecule has 1 aromatic heterocycles. The van der Waals surface area contributed by atoms with Crippen LogP contribution in [0.15, 0.2) is 48.5 Å². The number of alkyl halides is 6. The number of nitrogens with zero attached hydrogens (tertiary/aromatic N) is 3. The minimum atomic E-state index is -4.91. The van der Waals surface area contributed by atoms with Gasteiger partial charge in [0.1, 0.15) is 17.3 Å². The Bertz CT molecular complexity index is 1210.